The van der Waals surface area contributed by atoms with Crippen molar-refractivity contribution in [1.82, 2.24) is 5.32 Å². The topological polar surface area (TPSA) is 130 Å². The Balaban J connectivity index is 1.36. The van der Waals surface area contributed by atoms with Gasteiger partial charge in [-0.2, -0.15) is 11.8 Å². The van der Waals surface area contributed by atoms with Crippen LogP contribution in [0.25, 0.3) is 0 Å². The highest BCUT2D eigenvalue weighted by Gasteiger charge is 2.32. The van der Waals surface area contributed by atoms with E-state index in [0.29, 0.717) is 22.7 Å². The number of carbonyl (C=O) groups excluding carboxylic acids is 4. The molecular weight excluding hydrogens is 678 g/mol. The largest absolute Gasteiger partial charge is 0.507 e. The van der Waals surface area contributed by atoms with E-state index in [-0.39, 0.29) is 40.5 Å². The van der Waals surface area contributed by atoms with Crippen molar-refractivity contribution in [3.63, 3.8) is 0 Å². The van der Waals surface area contributed by atoms with Crippen LogP contribution in [0.4, 0.5) is 0 Å². The molecule has 4 atom stereocenters. The van der Waals surface area contributed by atoms with Crippen molar-refractivity contribution in [2.45, 2.75) is 73.5 Å². The van der Waals surface area contributed by atoms with Gasteiger partial charge in [-0.1, -0.05) is 47.9 Å². The molecule has 4 rings (SSSR count). The molecule has 1 fully saturated rings. The highest BCUT2D eigenvalue weighted by molar-refractivity contribution is 8.17. The summed E-state index contributed by atoms with van der Waals surface area (Å²) in [7, 11) is 1.26. The van der Waals surface area contributed by atoms with Crippen LogP contribution < -0.4 is 5.32 Å². The number of ether oxygens (including phenoxy) is 1. The van der Waals surface area contributed by atoms with Gasteiger partial charge in [-0.15, -0.1) is 23.5 Å². The normalized spacial score (nSPS) is 18.6. The lowest BCUT2D eigenvalue weighted by Gasteiger charge is -2.29. The Morgan fingerprint density at radius 1 is 1.13 bits per heavy atom. The standard InChI is InChI=1S/C35H40ClNO7S3/c1-20(2)12-15-29(23-18-28(40)31-26(38)13-14-27(39)32(31)33(23)42)46-19-25(34(43)44-3)37-30(41)11-7-4-8-21-16-17-45-35(47-21)22-9-5-6-10-24(22)36/h5-6,9-10,12-14,18,21,25,29,35,40,42H,4,7-8,11,15-17,19H2,1-3H3,(H,37,41)/t21-,25+,29-,35?/m1/s1. The van der Waals surface area contributed by atoms with Crippen LogP contribution in [0, 0.1) is 0 Å². The lowest BCUT2D eigenvalue weighted by atomic mass is 9.89. The minimum atomic E-state index is -0.950. The van der Waals surface area contributed by atoms with E-state index < -0.39 is 34.6 Å². The summed E-state index contributed by atoms with van der Waals surface area (Å²) >= 11 is 11.6. The number of unbranched alkanes of at least 4 members (excludes halogenated alkanes) is 1. The third kappa shape index (κ3) is 9.84. The van der Waals surface area contributed by atoms with E-state index in [9.17, 15) is 29.4 Å². The third-order valence-electron chi connectivity index (χ3n) is 7.92. The first kappa shape index (κ1) is 37.0. The number of esters is 1. The van der Waals surface area contributed by atoms with Gasteiger partial charge in [0, 0.05) is 33.3 Å². The number of aromatic hydroxyl groups is 2. The van der Waals surface area contributed by atoms with E-state index in [2.05, 4.69) is 11.4 Å². The van der Waals surface area contributed by atoms with Crippen LogP contribution in [-0.4, -0.2) is 63.6 Å². The fourth-order valence-corrected chi connectivity index (χ4v) is 10.5. The fourth-order valence-electron chi connectivity index (χ4n) is 5.44. The number of allylic oxidation sites excluding steroid dienone is 4. The number of ketones is 2. The predicted molar refractivity (Wildman–Crippen MR) is 192 cm³/mol. The van der Waals surface area contributed by atoms with E-state index in [1.807, 2.05) is 61.6 Å². The number of thioether (sulfide) groups is 3. The summed E-state index contributed by atoms with van der Waals surface area (Å²) in [6.07, 6.45) is 8.39. The number of halogens is 1. The number of rotatable bonds is 14. The maximum absolute atomic E-state index is 12.9. The SMILES string of the molecule is COC(=O)[C@H](CS[C@H](CC=C(C)C)c1cc(O)c2c(c1O)C(=O)C=CC2=O)NC(=O)CCCC[C@@H]1CCSC(c2ccccc2Cl)S1. The molecule has 1 unspecified atom stereocenters. The molecule has 47 heavy (non-hydrogen) atoms. The van der Waals surface area contributed by atoms with Gasteiger partial charge in [0.25, 0.3) is 0 Å². The quantitative estimate of drug-likeness (QED) is 0.0766. The minimum Gasteiger partial charge on any atom is -0.507 e. The first-order valence-corrected chi connectivity index (χ1v) is 18.9. The number of phenolic OH excluding ortho intramolecular Hbond substituents is 2. The maximum Gasteiger partial charge on any atom is 0.329 e. The molecule has 0 bridgehead atoms. The first-order chi connectivity index (χ1) is 22.5. The highest BCUT2D eigenvalue weighted by Crippen LogP contribution is 2.50. The van der Waals surface area contributed by atoms with E-state index in [4.69, 9.17) is 16.3 Å². The number of fused-ring (bicyclic) bond motifs is 1. The Morgan fingerprint density at radius 3 is 2.55 bits per heavy atom. The van der Waals surface area contributed by atoms with Crippen LogP contribution in [0.1, 0.15) is 94.0 Å². The van der Waals surface area contributed by atoms with Crippen molar-refractivity contribution < 1.29 is 34.1 Å². The van der Waals surface area contributed by atoms with Gasteiger partial charge in [0.15, 0.2) is 11.6 Å². The summed E-state index contributed by atoms with van der Waals surface area (Å²) in [4.78, 5) is 50.6. The van der Waals surface area contributed by atoms with E-state index in [1.165, 1.54) is 24.9 Å². The van der Waals surface area contributed by atoms with Crippen molar-refractivity contribution >= 4 is 70.3 Å². The number of hydrogen-bond acceptors (Lipinski definition) is 10. The summed E-state index contributed by atoms with van der Waals surface area (Å²) in [6, 6.07) is 8.31. The fraction of sp³-hybridized carbons (Fsp3) is 0.429. The summed E-state index contributed by atoms with van der Waals surface area (Å²) in [5.41, 5.74) is 1.95. The van der Waals surface area contributed by atoms with Gasteiger partial charge in [-0.3, -0.25) is 14.4 Å². The number of nitrogens with one attached hydrogen (secondary N) is 1. The molecule has 0 radical (unpaired) electrons. The van der Waals surface area contributed by atoms with E-state index in [1.54, 1.807) is 0 Å². The van der Waals surface area contributed by atoms with Gasteiger partial charge in [0.05, 0.1) is 22.8 Å². The monoisotopic (exact) mass is 717 g/mol. The zero-order valence-corrected chi connectivity index (χ0v) is 29.8. The Morgan fingerprint density at radius 2 is 1.85 bits per heavy atom. The zero-order valence-electron chi connectivity index (χ0n) is 26.6. The Hall–Kier alpha value is -2.86. The second-order valence-electron chi connectivity index (χ2n) is 11.6. The molecule has 1 heterocycles. The zero-order chi connectivity index (χ0) is 34.1. The summed E-state index contributed by atoms with van der Waals surface area (Å²) in [5.74, 6) is -1.61. The lowest BCUT2D eigenvalue weighted by molar-refractivity contribution is -0.144. The average Bonchev–Trinajstić information content (AvgIpc) is 3.05. The molecule has 1 amide bonds. The van der Waals surface area contributed by atoms with Gasteiger partial charge in [-0.05, 0) is 75.1 Å². The second kappa shape index (κ2) is 17.5. The third-order valence-corrected chi connectivity index (χ3v) is 12.8. The molecule has 2 aromatic rings. The Labute approximate surface area is 293 Å². The summed E-state index contributed by atoms with van der Waals surface area (Å²) in [5, 5.41) is 25.4. The molecule has 2 aromatic carbocycles. The molecule has 252 valence electrons. The molecule has 0 aromatic heterocycles. The van der Waals surface area contributed by atoms with Crippen molar-refractivity contribution in [3.05, 3.63) is 81.4 Å². The highest BCUT2D eigenvalue weighted by atomic mass is 35.5. The van der Waals surface area contributed by atoms with Crippen molar-refractivity contribution in [2.24, 2.45) is 0 Å². The number of phenols is 2. The number of methoxy groups -OCH3 is 1. The van der Waals surface area contributed by atoms with Crippen LogP contribution in [0.15, 0.2) is 54.1 Å². The molecule has 3 N–H and O–H groups in total. The second-order valence-corrected chi connectivity index (χ2v) is 16.2. The van der Waals surface area contributed by atoms with Gasteiger partial charge < -0.3 is 20.3 Å². The van der Waals surface area contributed by atoms with Crippen molar-refractivity contribution in [1.29, 1.82) is 0 Å². The summed E-state index contributed by atoms with van der Waals surface area (Å²) < 4.78 is 5.28. The van der Waals surface area contributed by atoms with Crippen molar-refractivity contribution in [2.75, 3.05) is 18.6 Å². The molecule has 12 heteroatoms. The minimum absolute atomic E-state index is 0.115. The molecule has 1 saturated heterocycles. The van der Waals surface area contributed by atoms with Gasteiger partial charge in [0.1, 0.15) is 17.5 Å². The van der Waals surface area contributed by atoms with Crippen LogP contribution in [0.3, 0.4) is 0 Å². The van der Waals surface area contributed by atoms with Crippen molar-refractivity contribution in [3.8, 4) is 11.5 Å². The number of amides is 1. The number of benzene rings is 2. The van der Waals surface area contributed by atoms with E-state index >= 15 is 0 Å². The smallest absolute Gasteiger partial charge is 0.329 e. The Kier molecular flexibility index (Phi) is 13.8. The molecule has 1 aliphatic carbocycles. The van der Waals surface area contributed by atoms with Crippen LogP contribution in [0.2, 0.25) is 5.02 Å². The lowest BCUT2D eigenvalue weighted by Crippen LogP contribution is -2.43. The van der Waals surface area contributed by atoms with E-state index in [0.717, 1.165) is 53.3 Å². The molecule has 0 saturated carbocycles. The van der Waals surface area contributed by atoms with Gasteiger partial charge in [0.2, 0.25) is 5.91 Å². The van der Waals surface area contributed by atoms with Crippen LogP contribution in [-0.2, 0) is 14.3 Å². The van der Waals surface area contributed by atoms with Crippen LogP contribution in [0.5, 0.6) is 11.5 Å². The van der Waals surface area contributed by atoms with Gasteiger partial charge >= 0.3 is 5.97 Å². The average molecular weight is 718 g/mol. The van der Waals surface area contributed by atoms with Crippen LogP contribution >= 0.6 is 46.9 Å². The molecule has 8 nitrogen and oxygen atoms in total. The maximum atomic E-state index is 12.9. The predicted octanol–water partition coefficient (Wildman–Crippen LogP) is 7.97. The first-order valence-electron chi connectivity index (χ1n) is 15.5. The summed E-state index contributed by atoms with van der Waals surface area (Å²) in [6.45, 7) is 3.83. The molecule has 0 spiro atoms. The number of carbonyl (C=O) groups is 4. The number of hydrogen-bond donors (Lipinski definition) is 3. The molecule has 1 aliphatic heterocycles. The Bertz CT molecular complexity index is 1560. The van der Waals surface area contributed by atoms with Gasteiger partial charge in [-0.25, -0.2) is 4.79 Å². The molecule has 2 aliphatic rings. The molecular formula is C35H40ClNO7S3.